The highest BCUT2D eigenvalue weighted by atomic mass is 16.3. The zero-order valence-corrected chi connectivity index (χ0v) is 11.8. The van der Waals surface area contributed by atoms with Gasteiger partial charge in [-0.15, -0.1) is 0 Å². The Morgan fingerprint density at radius 1 is 1.05 bits per heavy atom. The molecule has 2 aromatic carbocycles. The van der Waals surface area contributed by atoms with Crippen molar-refractivity contribution in [1.29, 1.82) is 0 Å². The van der Waals surface area contributed by atoms with Crippen molar-refractivity contribution >= 4 is 12.0 Å². The number of hydrogen-bond acceptors (Lipinski definition) is 2. The molecule has 3 nitrogen and oxygen atoms in total. The minimum absolute atomic E-state index is 0.0835. The summed E-state index contributed by atoms with van der Waals surface area (Å²) in [6.07, 6.45) is 3.86. The van der Waals surface area contributed by atoms with E-state index in [1.54, 1.807) is 6.08 Å². The lowest BCUT2D eigenvalue weighted by molar-refractivity contribution is -0.117. The predicted molar refractivity (Wildman–Crippen MR) is 84.6 cm³/mol. The van der Waals surface area contributed by atoms with Crippen molar-refractivity contribution in [2.24, 2.45) is 0 Å². The summed E-state index contributed by atoms with van der Waals surface area (Å²) in [5, 5.41) is 12.2. The van der Waals surface area contributed by atoms with Gasteiger partial charge in [-0.3, -0.25) is 4.79 Å². The molecule has 1 amide bonds. The largest absolute Gasteiger partial charge is 0.394 e. The molecular weight excluding hydrogens is 262 g/mol. The third kappa shape index (κ3) is 5.24. The van der Waals surface area contributed by atoms with Gasteiger partial charge in [0.1, 0.15) is 0 Å². The van der Waals surface area contributed by atoms with E-state index in [2.05, 4.69) is 5.32 Å². The van der Waals surface area contributed by atoms with Crippen LogP contribution in [0.25, 0.3) is 6.08 Å². The maximum atomic E-state index is 11.9. The highest BCUT2D eigenvalue weighted by molar-refractivity contribution is 5.91. The van der Waals surface area contributed by atoms with Gasteiger partial charge in [-0.2, -0.15) is 0 Å². The van der Waals surface area contributed by atoms with Crippen LogP contribution in [0.15, 0.2) is 66.7 Å². The number of rotatable bonds is 6. The number of carbonyl (C=O) groups excluding carboxylic acids is 1. The molecule has 0 spiro atoms. The summed E-state index contributed by atoms with van der Waals surface area (Å²) in [4.78, 5) is 11.9. The Hall–Kier alpha value is -2.39. The summed E-state index contributed by atoms with van der Waals surface area (Å²) in [5.41, 5.74) is 2.06. The quantitative estimate of drug-likeness (QED) is 0.799. The first kappa shape index (κ1) is 15.0. The zero-order chi connectivity index (χ0) is 14.9. The lowest BCUT2D eigenvalue weighted by Gasteiger charge is -2.15. The van der Waals surface area contributed by atoms with Gasteiger partial charge < -0.3 is 10.4 Å². The predicted octanol–water partition coefficient (Wildman–Crippen LogP) is 2.42. The van der Waals surface area contributed by atoms with E-state index < -0.39 is 0 Å². The molecule has 0 aliphatic heterocycles. The van der Waals surface area contributed by atoms with Crippen molar-refractivity contribution in [3.05, 3.63) is 77.9 Å². The Bertz CT molecular complexity index is 579. The standard InChI is InChI=1S/C18H19NO2/c20-14-17(13-16-9-5-2-6-10-16)19-18(21)12-11-15-7-3-1-4-8-15/h1-12,17,20H,13-14H2,(H,19,21)/b12-11-/t17-/m0/s1. The molecule has 2 aromatic rings. The molecule has 0 fully saturated rings. The number of nitrogens with one attached hydrogen (secondary N) is 1. The normalized spacial score (nSPS) is 12.2. The molecule has 0 saturated heterocycles. The van der Waals surface area contributed by atoms with Crippen molar-refractivity contribution < 1.29 is 9.90 Å². The Morgan fingerprint density at radius 2 is 1.67 bits per heavy atom. The van der Waals surface area contributed by atoms with Crippen LogP contribution in [0, 0.1) is 0 Å². The van der Waals surface area contributed by atoms with E-state index in [-0.39, 0.29) is 18.6 Å². The molecule has 0 radical (unpaired) electrons. The summed E-state index contributed by atoms with van der Waals surface area (Å²) in [7, 11) is 0. The molecule has 0 unspecified atom stereocenters. The van der Waals surface area contributed by atoms with E-state index >= 15 is 0 Å². The first-order valence-corrected chi connectivity index (χ1v) is 6.96. The third-order valence-corrected chi connectivity index (χ3v) is 3.12. The van der Waals surface area contributed by atoms with Crippen molar-refractivity contribution in [3.63, 3.8) is 0 Å². The molecule has 108 valence electrons. The van der Waals surface area contributed by atoms with Crippen LogP contribution in [0.5, 0.6) is 0 Å². The average molecular weight is 281 g/mol. The number of amides is 1. The van der Waals surface area contributed by atoms with Crippen LogP contribution in [0.2, 0.25) is 0 Å². The zero-order valence-electron chi connectivity index (χ0n) is 11.8. The van der Waals surface area contributed by atoms with Crippen LogP contribution < -0.4 is 5.32 Å². The van der Waals surface area contributed by atoms with E-state index in [4.69, 9.17) is 0 Å². The molecular formula is C18H19NO2. The molecule has 0 aliphatic rings. The molecule has 2 N–H and O–H groups in total. The van der Waals surface area contributed by atoms with E-state index in [1.807, 2.05) is 60.7 Å². The van der Waals surface area contributed by atoms with Gasteiger partial charge >= 0.3 is 0 Å². The minimum Gasteiger partial charge on any atom is -0.394 e. The summed E-state index contributed by atoms with van der Waals surface area (Å²) >= 11 is 0. The second kappa shape index (κ2) is 8.02. The summed E-state index contributed by atoms with van der Waals surface area (Å²) in [6, 6.07) is 19.1. The number of aliphatic hydroxyl groups is 1. The van der Waals surface area contributed by atoms with Crippen molar-refractivity contribution in [2.45, 2.75) is 12.5 Å². The van der Waals surface area contributed by atoms with Crippen molar-refractivity contribution in [1.82, 2.24) is 5.32 Å². The maximum absolute atomic E-state index is 11.9. The fraction of sp³-hybridized carbons (Fsp3) is 0.167. The van der Waals surface area contributed by atoms with Crippen LogP contribution in [0.1, 0.15) is 11.1 Å². The lowest BCUT2D eigenvalue weighted by Crippen LogP contribution is -2.38. The molecule has 0 heterocycles. The molecule has 0 aromatic heterocycles. The third-order valence-electron chi connectivity index (χ3n) is 3.12. The fourth-order valence-corrected chi connectivity index (χ4v) is 2.05. The molecule has 0 saturated carbocycles. The summed E-state index contributed by atoms with van der Waals surface area (Å²) in [6.45, 7) is -0.0835. The van der Waals surface area contributed by atoms with Gasteiger partial charge in [-0.1, -0.05) is 60.7 Å². The minimum atomic E-state index is -0.277. The number of hydrogen-bond donors (Lipinski definition) is 2. The van der Waals surface area contributed by atoms with Gasteiger partial charge in [0.15, 0.2) is 0 Å². The van der Waals surface area contributed by atoms with Crippen LogP contribution in [-0.4, -0.2) is 23.7 Å². The second-order valence-electron chi connectivity index (χ2n) is 4.82. The second-order valence-corrected chi connectivity index (χ2v) is 4.82. The Labute approximate surface area is 124 Å². The molecule has 0 aliphatic carbocycles. The van der Waals surface area contributed by atoms with E-state index in [1.165, 1.54) is 6.08 Å². The van der Waals surface area contributed by atoms with E-state index in [0.29, 0.717) is 6.42 Å². The molecule has 0 bridgehead atoms. The SMILES string of the molecule is O=C(/C=C\c1ccccc1)N[C@H](CO)Cc1ccccc1. The Balaban J connectivity index is 1.89. The van der Waals surface area contributed by atoms with Crippen molar-refractivity contribution in [3.8, 4) is 0 Å². The van der Waals surface area contributed by atoms with Gasteiger partial charge in [-0.05, 0) is 23.6 Å². The Kier molecular flexibility index (Phi) is 5.73. The summed E-state index contributed by atoms with van der Waals surface area (Å²) < 4.78 is 0. The average Bonchev–Trinajstić information content (AvgIpc) is 2.54. The smallest absolute Gasteiger partial charge is 0.244 e. The fourth-order valence-electron chi connectivity index (χ4n) is 2.05. The van der Waals surface area contributed by atoms with Crippen LogP contribution in [0.3, 0.4) is 0 Å². The van der Waals surface area contributed by atoms with E-state index in [0.717, 1.165) is 11.1 Å². The molecule has 3 heteroatoms. The van der Waals surface area contributed by atoms with Gasteiger partial charge in [0, 0.05) is 6.08 Å². The van der Waals surface area contributed by atoms with E-state index in [9.17, 15) is 9.90 Å². The molecule has 1 atom stereocenters. The highest BCUT2D eigenvalue weighted by Gasteiger charge is 2.10. The summed E-state index contributed by atoms with van der Waals surface area (Å²) in [5.74, 6) is -0.200. The Morgan fingerprint density at radius 3 is 2.29 bits per heavy atom. The number of benzene rings is 2. The first-order chi connectivity index (χ1) is 10.3. The van der Waals surface area contributed by atoms with Crippen LogP contribution in [-0.2, 0) is 11.2 Å². The van der Waals surface area contributed by atoms with Crippen LogP contribution >= 0.6 is 0 Å². The van der Waals surface area contributed by atoms with Crippen molar-refractivity contribution in [2.75, 3.05) is 6.61 Å². The highest BCUT2D eigenvalue weighted by Crippen LogP contribution is 2.04. The monoisotopic (exact) mass is 281 g/mol. The molecule has 21 heavy (non-hydrogen) atoms. The maximum Gasteiger partial charge on any atom is 0.244 e. The van der Waals surface area contributed by atoms with Gasteiger partial charge in [0.2, 0.25) is 5.91 Å². The van der Waals surface area contributed by atoms with Crippen LogP contribution in [0.4, 0.5) is 0 Å². The van der Waals surface area contributed by atoms with Gasteiger partial charge in [0.05, 0.1) is 12.6 Å². The van der Waals surface area contributed by atoms with Gasteiger partial charge in [-0.25, -0.2) is 0 Å². The van der Waals surface area contributed by atoms with Gasteiger partial charge in [0.25, 0.3) is 0 Å². The topological polar surface area (TPSA) is 49.3 Å². The molecule has 2 rings (SSSR count). The lowest BCUT2D eigenvalue weighted by atomic mass is 10.1. The number of aliphatic hydroxyl groups excluding tert-OH is 1. The number of carbonyl (C=O) groups is 1. The first-order valence-electron chi connectivity index (χ1n) is 6.96.